The molecule has 1 fully saturated rings. The van der Waals surface area contributed by atoms with Gasteiger partial charge in [-0.2, -0.15) is 5.26 Å². The molecular weight excluding hydrogens is 248 g/mol. The highest BCUT2D eigenvalue weighted by molar-refractivity contribution is 5.89. The Kier molecular flexibility index (Phi) is 4.14. The van der Waals surface area contributed by atoms with Gasteiger partial charge in [0.2, 0.25) is 17.7 Å². The number of hydrogen-bond donors (Lipinski definition) is 3. The summed E-state index contributed by atoms with van der Waals surface area (Å²) in [5.41, 5.74) is 3.15. The van der Waals surface area contributed by atoms with Crippen LogP contribution in [0.5, 0.6) is 0 Å². The first-order chi connectivity index (χ1) is 8.71. The van der Waals surface area contributed by atoms with Crippen LogP contribution in [0.3, 0.4) is 0 Å². The fourth-order valence-electron chi connectivity index (χ4n) is 1.58. The Labute approximate surface area is 111 Å². The molecule has 1 atom stereocenters. The highest BCUT2D eigenvalue weighted by atomic mass is 16.2. The van der Waals surface area contributed by atoms with E-state index in [2.05, 4.69) is 10.6 Å². The number of amides is 3. The molecule has 0 aromatic carbocycles. The summed E-state index contributed by atoms with van der Waals surface area (Å²) in [5, 5.41) is 14.0. The second kappa shape index (κ2) is 5.26. The first-order valence-corrected chi connectivity index (χ1v) is 5.84. The molecule has 1 unspecified atom stereocenters. The van der Waals surface area contributed by atoms with Crippen molar-refractivity contribution in [1.82, 2.24) is 10.6 Å². The van der Waals surface area contributed by atoms with E-state index in [1.165, 1.54) is 6.42 Å². The van der Waals surface area contributed by atoms with Crippen LogP contribution in [0.1, 0.15) is 26.7 Å². The number of rotatable bonds is 5. The van der Waals surface area contributed by atoms with Crippen LogP contribution in [-0.2, 0) is 14.4 Å². The van der Waals surface area contributed by atoms with Crippen LogP contribution in [-0.4, -0.2) is 29.8 Å². The third kappa shape index (κ3) is 3.68. The van der Waals surface area contributed by atoms with Crippen molar-refractivity contribution in [3.8, 4) is 6.07 Å². The van der Waals surface area contributed by atoms with Gasteiger partial charge in [-0.05, 0) is 6.42 Å². The molecule has 103 valence electrons. The molecule has 1 rings (SSSR count). The molecule has 0 aromatic rings. The van der Waals surface area contributed by atoms with E-state index in [1.807, 2.05) is 6.07 Å². The lowest BCUT2D eigenvalue weighted by Gasteiger charge is -2.23. The number of hydrogen-bond acceptors (Lipinski definition) is 4. The second-order valence-corrected chi connectivity index (χ2v) is 5.29. The minimum Gasteiger partial charge on any atom is -0.369 e. The average Bonchev–Trinajstić information content (AvgIpc) is 2.69. The van der Waals surface area contributed by atoms with Crippen molar-refractivity contribution in [3.05, 3.63) is 6.42 Å². The summed E-state index contributed by atoms with van der Waals surface area (Å²) in [6.45, 7) is 3.33. The molecule has 1 radical (unpaired) electrons. The largest absolute Gasteiger partial charge is 0.369 e. The van der Waals surface area contributed by atoms with Gasteiger partial charge in [-0.1, -0.05) is 13.8 Å². The van der Waals surface area contributed by atoms with Crippen molar-refractivity contribution in [1.29, 1.82) is 5.26 Å². The highest BCUT2D eigenvalue weighted by Crippen LogP contribution is 2.21. The Hall–Kier alpha value is -2.10. The van der Waals surface area contributed by atoms with Crippen molar-refractivity contribution in [2.45, 2.75) is 32.2 Å². The summed E-state index contributed by atoms with van der Waals surface area (Å²) in [4.78, 5) is 34.0. The number of carbonyl (C=O) groups is 3. The van der Waals surface area contributed by atoms with Crippen LogP contribution in [0.2, 0.25) is 0 Å². The molecule has 0 aliphatic carbocycles. The molecule has 3 amide bonds. The van der Waals surface area contributed by atoms with Crippen molar-refractivity contribution in [2.24, 2.45) is 11.1 Å². The smallest absolute Gasteiger partial charge is 0.225 e. The second-order valence-electron chi connectivity index (χ2n) is 5.29. The fourth-order valence-corrected chi connectivity index (χ4v) is 1.58. The van der Waals surface area contributed by atoms with Gasteiger partial charge < -0.3 is 16.4 Å². The topological polar surface area (TPSA) is 125 Å². The van der Waals surface area contributed by atoms with E-state index in [0.29, 0.717) is 0 Å². The van der Waals surface area contributed by atoms with Crippen molar-refractivity contribution >= 4 is 17.7 Å². The number of carbonyl (C=O) groups excluding carboxylic acids is 3. The molecular formula is C12H17N4O3. The van der Waals surface area contributed by atoms with E-state index in [-0.39, 0.29) is 25.3 Å². The maximum Gasteiger partial charge on any atom is 0.225 e. The molecule has 0 spiro atoms. The number of nitriles is 1. The summed E-state index contributed by atoms with van der Waals surface area (Å²) in [5.74, 6) is -1.28. The normalized spacial score (nSPS) is 22.5. The Balaban J connectivity index is 2.54. The molecule has 7 nitrogen and oxygen atoms in total. The van der Waals surface area contributed by atoms with Gasteiger partial charge in [0.05, 0.1) is 25.5 Å². The zero-order chi connectivity index (χ0) is 14.7. The number of primary amides is 1. The summed E-state index contributed by atoms with van der Waals surface area (Å²) in [7, 11) is 0. The van der Waals surface area contributed by atoms with E-state index in [0.717, 1.165) is 0 Å². The van der Waals surface area contributed by atoms with Gasteiger partial charge in [-0.3, -0.25) is 14.4 Å². The zero-order valence-corrected chi connectivity index (χ0v) is 10.9. The van der Waals surface area contributed by atoms with Gasteiger partial charge in [0, 0.05) is 5.41 Å². The molecule has 7 heteroatoms. The molecule has 1 saturated heterocycles. The molecule has 1 heterocycles. The summed E-state index contributed by atoms with van der Waals surface area (Å²) >= 11 is 0. The first kappa shape index (κ1) is 15.0. The third-order valence-corrected chi connectivity index (χ3v) is 3.09. The van der Waals surface area contributed by atoms with Gasteiger partial charge in [-0.25, -0.2) is 0 Å². The Morgan fingerprint density at radius 3 is 2.68 bits per heavy atom. The summed E-state index contributed by atoms with van der Waals surface area (Å²) in [6, 6.07) is 1.93. The van der Waals surface area contributed by atoms with Gasteiger partial charge in [0.25, 0.3) is 0 Å². The fraction of sp³-hybridized carbons (Fsp3) is 0.583. The standard InChI is InChI=1S/C12H17N4O3/c1-11(2,10(14)19)4-3-8(17)16-12(6-13)5-9(18)15-7-12/h3H,4-5,7H2,1-2H3,(H2,14,19)(H,15,18)(H,16,17). The number of nitrogens with zero attached hydrogens (tertiary/aromatic N) is 1. The Morgan fingerprint density at radius 2 is 2.26 bits per heavy atom. The van der Waals surface area contributed by atoms with Crippen LogP contribution >= 0.6 is 0 Å². The van der Waals surface area contributed by atoms with Crippen molar-refractivity contribution in [3.63, 3.8) is 0 Å². The van der Waals surface area contributed by atoms with Crippen LogP contribution < -0.4 is 16.4 Å². The van der Waals surface area contributed by atoms with Crippen LogP contribution in [0.25, 0.3) is 0 Å². The molecule has 4 N–H and O–H groups in total. The van der Waals surface area contributed by atoms with Gasteiger partial charge in [-0.15, -0.1) is 0 Å². The predicted octanol–water partition coefficient (Wildman–Crippen LogP) is -1.01. The quantitative estimate of drug-likeness (QED) is 0.589. The van der Waals surface area contributed by atoms with E-state index in [4.69, 9.17) is 11.0 Å². The maximum atomic E-state index is 11.7. The van der Waals surface area contributed by atoms with Crippen LogP contribution in [0, 0.1) is 23.2 Å². The van der Waals surface area contributed by atoms with E-state index in [9.17, 15) is 14.4 Å². The SMILES string of the molecule is CC(C)(C[CH]C(=O)NC1(C#N)CNC(=O)C1)C(N)=O. The zero-order valence-electron chi connectivity index (χ0n) is 10.9. The molecule has 1 aliphatic rings. The Bertz CT molecular complexity index is 452. The van der Waals surface area contributed by atoms with Gasteiger partial charge in [0.1, 0.15) is 0 Å². The Morgan fingerprint density at radius 1 is 1.63 bits per heavy atom. The predicted molar refractivity (Wildman–Crippen MR) is 66.0 cm³/mol. The van der Waals surface area contributed by atoms with E-state index < -0.39 is 22.8 Å². The lowest BCUT2D eigenvalue weighted by molar-refractivity contribution is -0.126. The molecule has 0 saturated carbocycles. The lowest BCUT2D eigenvalue weighted by atomic mass is 9.87. The monoisotopic (exact) mass is 265 g/mol. The minimum absolute atomic E-state index is 0.0672. The minimum atomic E-state index is -1.21. The molecule has 1 aliphatic heterocycles. The van der Waals surface area contributed by atoms with Crippen LogP contribution in [0.15, 0.2) is 0 Å². The van der Waals surface area contributed by atoms with Crippen molar-refractivity contribution < 1.29 is 14.4 Å². The number of nitrogens with two attached hydrogens (primary N) is 1. The third-order valence-electron chi connectivity index (χ3n) is 3.09. The van der Waals surface area contributed by atoms with Crippen LogP contribution in [0.4, 0.5) is 0 Å². The summed E-state index contributed by atoms with van der Waals surface area (Å²) < 4.78 is 0. The molecule has 0 aromatic heterocycles. The first-order valence-electron chi connectivity index (χ1n) is 5.84. The summed E-state index contributed by atoms with van der Waals surface area (Å²) in [6.07, 6.45) is 1.37. The average molecular weight is 265 g/mol. The van der Waals surface area contributed by atoms with Crippen molar-refractivity contribution in [2.75, 3.05) is 6.54 Å². The van der Waals surface area contributed by atoms with E-state index in [1.54, 1.807) is 13.8 Å². The lowest BCUT2D eigenvalue weighted by Crippen LogP contribution is -2.49. The van der Waals surface area contributed by atoms with Gasteiger partial charge >= 0.3 is 0 Å². The maximum absolute atomic E-state index is 11.7. The van der Waals surface area contributed by atoms with E-state index >= 15 is 0 Å². The van der Waals surface area contributed by atoms with Gasteiger partial charge in [0.15, 0.2) is 5.54 Å². The number of nitrogens with one attached hydrogen (secondary N) is 2. The highest BCUT2D eigenvalue weighted by Gasteiger charge is 2.40. The molecule has 0 bridgehead atoms. The molecule has 19 heavy (non-hydrogen) atoms.